The van der Waals surface area contributed by atoms with Crippen molar-refractivity contribution >= 4 is 11.9 Å². The number of aliphatic hydroxyl groups excluding tert-OH is 2. The Morgan fingerprint density at radius 3 is 0.933 bits per heavy atom. The van der Waals surface area contributed by atoms with Crippen molar-refractivity contribution in [1.29, 1.82) is 0 Å². The van der Waals surface area contributed by atoms with Crippen LogP contribution >= 0.6 is 0 Å². The first-order chi connectivity index (χ1) is 29.5. The summed E-state index contributed by atoms with van der Waals surface area (Å²) in [6, 6.07) is 0. The molecule has 0 radical (unpaired) electrons. The fourth-order valence-electron chi connectivity index (χ4n) is 8.49. The van der Waals surface area contributed by atoms with Crippen LogP contribution in [0.1, 0.15) is 246 Å². The zero-order valence-electron chi connectivity index (χ0n) is 40.7. The van der Waals surface area contributed by atoms with E-state index in [9.17, 15) is 19.8 Å². The molecule has 0 aliphatic heterocycles. The lowest BCUT2D eigenvalue weighted by atomic mass is 9.94. The van der Waals surface area contributed by atoms with Gasteiger partial charge in [-0.15, -0.1) is 0 Å². The van der Waals surface area contributed by atoms with E-state index in [0.29, 0.717) is 26.3 Å². The second-order valence-electron chi connectivity index (χ2n) is 18.2. The summed E-state index contributed by atoms with van der Waals surface area (Å²) < 4.78 is 11.6. The van der Waals surface area contributed by atoms with E-state index in [1.54, 1.807) is 0 Å². The number of carbonyl (C=O) groups excluding carboxylic acids is 2. The topological polar surface area (TPSA) is 99.5 Å². The summed E-state index contributed by atoms with van der Waals surface area (Å²) in [7, 11) is 0. The molecule has 0 bridgehead atoms. The highest BCUT2D eigenvalue weighted by molar-refractivity contribution is 5.72. The summed E-state index contributed by atoms with van der Waals surface area (Å²) in [6.45, 7) is 15.5. The Hall–Kier alpha value is -1.22. The average molecular weight is 853 g/mol. The fourth-order valence-corrected chi connectivity index (χ4v) is 8.49. The standard InChI is InChI=1S/C52H104N2O6/c1-5-9-13-17-21-29-37-49(35-27-15-11-7-3)51(57)59-47-33-25-19-23-31-39-53(43-45-55)41-42-54(44-46-56)40-32-24-20-26-34-48-60-52(58)50(36-28-16-12-8-4)38-30-22-18-14-10-6-2/h49-50,55-56H,5-48H2,1-4H3. The van der Waals surface area contributed by atoms with E-state index < -0.39 is 0 Å². The van der Waals surface area contributed by atoms with Crippen molar-refractivity contribution in [2.75, 3.05) is 65.7 Å². The Balaban J connectivity index is 4.30. The first-order valence-electron chi connectivity index (χ1n) is 26.5. The van der Waals surface area contributed by atoms with Gasteiger partial charge in [-0.3, -0.25) is 19.4 Å². The zero-order valence-corrected chi connectivity index (χ0v) is 40.7. The maximum absolute atomic E-state index is 13.0. The highest BCUT2D eigenvalue weighted by Crippen LogP contribution is 2.22. The molecule has 0 saturated carbocycles. The van der Waals surface area contributed by atoms with E-state index in [1.807, 2.05) is 0 Å². The molecule has 8 heteroatoms. The lowest BCUT2D eigenvalue weighted by molar-refractivity contribution is -0.150. The third kappa shape index (κ3) is 38.5. The lowest BCUT2D eigenvalue weighted by Crippen LogP contribution is -2.38. The van der Waals surface area contributed by atoms with Gasteiger partial charge in [-0.05, 0) is 64.5 Å². The van der Waals surface area contributed by atoms with Crippen LogP contribution in [0.5, 0.6) is 0 Å². The summed E-state index contributed by atoms with van der Waals surface area (Å²) in [5.41, 5.74) is 0. The summed E-state index contributed by atoms with van der Waals surface area (Å²) in [4.78, 5) is 30.6. The summed E-state index contributed by atoms with van der Waals surface area (Å²) in [5, 5.41) is 19.5. The van der Waals surface area contributed by atoms with Gasteiger partial charge >= 0.3 is 11.9 Å². The van der Waals surface area contributed by atoms with Crippen LogP contribution in [0, 0.1) is 11.8 Å². The van der Waals surface area contributed by atoms with Crippen LogP contribution in [0.25, 0.3) is 0 Å². The van der Waals surface area contributed by atoms with Gasteiger partial charge in [0.1, 0.15) is 0 Å². The number of unbranched alkanes of at least 4 members (excludes halogenated alkanes) is 24. The molecule has 60 heavy (non-hydrogen) atoms. The van der Waals surface area contributed by atoms with Gasteiger partial charge in [-0.25, -0.2) is 0 Å². The third-order valence-corrected chi connectivity index (χ3v) is 12.6. The third-order valence-electron chi connectivity index (χ3n) is 12.6. The van der Waals surface area contributed by atoms with E-state index in [1.165, 1.54) is 103 Å². The number of hydrogen-bond donors (Lipinski definition) is 2. The Labute approximate surface area is 373 Å². The van der Waals surface area contributed by atoms with E-state index >= 15 is 0 Å². The Morgan fingerprint density at radius 2 is 0.617 bits per heavy atom. The normalized spacial score (nSPS) is 12.7. The van der Waals surface area contributed by atoms with E-state index in [0.717, 1.165) is 142 Å². The van der Waals surface area contributed by atoms with Crippen LogP contribution < -0.4 is 0 Å². The molecule has 0 aliphatic carbocycles. The van der Waals surface area contributed by atoms with Gasteiger partial charge in [0.25, 0.3) is 0 Å². The minimum Gasteiger partial charge on any atom is -0.465 e. The molecule has 0 fully saturated rings. The largest absolute Gasteiger partial charge is 0.465 e. The molecule has 0 aliphatic rings. The van der Waals surface area contributed by atoms with Gasteiger partial charge in [0.15, 0.2) is 0 Å². The van der Waals surface area contributed by atoms with Gasteiger partial charge < -0.3 is 19.7 Å². The van der Waals surface area contributed by atoms with Crippen molar-refractivity contribution in [1.82, 2.24) is 9.80 Å². The first kappa shape index (κ1) is 58.8. The van der Waals surface area contributed by atoms with Crippen LogP contribution in [0.4, 0.5) is 0 Å². The molecule has 0 aromatic carbocycles. The average Bonchev–Trinajstić information content (AvgIpc) is 3.25. The maximum Gasteiger partial charge on any atom is 0.308 e. The van der Waals surface area contributed by atoms with Crippen LogP contribution in [0.15, 0.2) is 0 Å². The quantitative estimate of drug-likeness (QED) is 0.0461. The second-order valence-corrected chi connectivity index (χ2v) is 18.2. The molecule has 0 rings (SSSR count). The van der Waals surface area contributed by atoms with Crippen molar-refractivity contribution < 1.29 is 29.3 Å². The van der Waals surface area contributed by atoms with Gasteiger partial charge in [0.2, 0.25) is 0 Å². The highest BCUT2D eigenvalue weighted by atomic mass is 16.5. The molecule has 0 aromatic rings. The molecule has 358 valence electrons. The minimum atomic E-state index is 0.0415. The molecule has 2 atom stereocenters. The predicted octanol–water partition coefficient (Wildman–Crippen LogP) is 13.2. The molecular weight excluding hydrogens is 749 g/mol. The number of hydrogen-bond acceptors (Lipinski definition) is 8. The molecule has 2 unspecified atom stereocenters. The van der Waals surface area contributed by atoms with E-state index in [-0.39, 0.29) is 37.0 Å². The van der Waals surface area contributed by atoms with Gasteiger partial charge in [-0.2, -0.15) is 0 Å². The Kier molecular flexibility index (Phi) is 46.3. The number of carbonyl (C=O) groups is 2. The SMILES string of the molecule is CCCCCCCCC(CCCCCC)C(=O)OCCCCCCCN(CCO)CCN(CCO)CCCCCCCOC(=O)C(CCCCCC)CCCCCCCC. The number of esters is 2. The van der Waals surface area contributed by atoms with Gasteiger partial charge in [0, 0.05) is 26.2 Å². The summed E-state index contributed by atoms with van der Waals surface area (Å²) in [5.74, 6) is 0.242. The highest BCUT2D eigenvalue weighted by Gasteiger charge is 2.20. The van der Waals surface area contributed by atoms with E-state index in [4.69, 9.17) is 9.47 Å². The van der Waals surface area contributed by atoms with Crippen molar-refractivity contribution in [2.24, 2.45) is 11.8 Å². The fraction of sp³-hybridized carbons (Fsp3) is 0.962. The second kappa shape index (κ2) is 47.3. The molecule has 8 nitrogen and oxygen atoms in total. The number of nitrogens with zero attached hydrogens (tertiary/aromatic N) is 2. The van der Waals surface area contributed by atoms with Crippen molar-refractivity contribution in [3.8, 4) is 0 Å². The van der Waals surface area contributed by atoms with E-state index in [2.05, 4.69) is 37.5 Å². The van der Waals surface area contributed by atoms with Crippen molar-refractivity contribution in [2.45, 2.75) is 246 Å². The molecule has 0 spiro atoms. The minimum absolute atomic E-state index is 0.0415. The van der Waals surface area contributed by atoms with Crippen LogP contribution in [0.3, 0.4) is 0 Å². The van der Waals surface area contributed by atoms with Crippen LogP contribution in [0.2, 0.25) is 0 Å². The molecule has 0 amide bonds. The Morgan fingerprint density at radius 1 is 0.350 bits per heavy atom. The molecular formula is C52H104N2O6. The zero-order chi connectivity index (χ0) is 44.0. The molecule has 2 N–H and O–H groups in total. The molecule has 0 aromatic heterocycles. The van der Waals surface area contributed by atoms with Crippen LogP contribution in [-0.2, 0) is 19.1 Å². The lowest BCUT2D eigenvalue weighted by Gasteiger charge is -2.27. The van der Waals surface area contributed by atoms with Crippen LogP contribution in [-0.4, -0.2) is 97.6 Å². The first-order valence-corrected chi connectivity index (χ1v) is 26.5. The predicted molar refractivity (Wildman–Crippen MR) is 256 cm³/mol. The number of rotatable bonds is 49. The number of aliphatic hydroxyl groups is 2. The monoisotopic (exact) mass is 853 g/mol. The summed E-state index contributed by atoms with van der Waals surface area (Å²) >= 11 is 0. The Bertz CT molecular complexity index is 821. The molecule has 0 saturated heterocycles. The van der Waals surface area contributed by atoms with Crippen molar-refractivity contribution in [3.05, 3.63) is 0 Å². The maximum atomic E-state index is 13.0. The number of ether oxygens (including phenoxy) is 2. The molecule has 0 heterocycles. The smallest absolute Gasteiger partial charge is 0.308 e. The van der Waals surface area contributed by atoms with Gasteiger partial charge in [0.05, 0.1) is 38.3 Å². The van der Waals surface area contributed by atoms with Crippen molar-refractivity contribution in [3.63, 3.8) is 0 Å². The summed E-state index contributed by atoms with van der Waals surface area (Å²) in [6.07, 6.45) is 39.5. The van der Waals surface area contributed by atoms with Gasteiger partial charge in [-0.1, -0.05) is 195 Å².